The molecule has 1 aromatic heterocycles. The summed E-state index contributed by atoms with van der Waals surface area (Å²) >= 11 is 0. The molecule has 3 N–H and O–H groups in total. The summed E-state index contributed by atoms with van der Waals surface area (Å²) in [7, 11) is 0. The quantitative estimate of drug-likeness (QED) is 0.733. The van der Waals surface area contributed by atoms with Gasteiger partial charge in [-0.3, -0.25) is 4.98 Å². The molecule has 0 aromatic carbocycles. The van der Waals surface area contributed by atoms with E-state index >= 15 is 0 Å². The van der Waals surface area contributed by atoms with Crippen LogP contribution in [0.1, 0.15) is 19.3 Å². The summed E-state index contributed by atoms with van der Waals surface area (Å²) < 4.78 is 0. The average molecular weight is 177 g/mol. The fourth-order valence-electron chi connectivity index (χ4n) is 1.56. The maximum atomic E-state index is 6.07. The highest BCUT2D eigenvalue weighted by atomic mass is 15.0. The van der Waals surface area contributed by atoms with E-state index in [2.05, 4.69) is 10.3 Å². The number of nitrogens with one attached hydrogen (secondary N) is 1. The Hall–Kier alpha value is -1.09. The molecule has 1 heterocycles. The lowest BCUT2D eigenvalue weighted by Gasteiger charge is -2.38. The first-order valence-corrected chi connectivity index (χ1v) is 4.71. The number of hydrogen-bond acceptors (Lipinski definition) is 3. The van der Waals surface area contributed by atoms with Crippen molar-refractivity contribution in [1.82, 2.24) is 4.98 Å². The van der Waals surface area contributed by atoms with Crippen LogP contribution in [0.25, 0.3) is 0 Å². The molecule has 1 aliphatic carbocycles. The highest BCUT2D eigenvalue weighted by Gasteiger charge is 2.31. The van der Waals surface area contributed by atoms with Gasteiger partial charge in [-0.05, 0) is 31.4 Å². The number of aromatic nitrogens is 1. The summed E-state index contributed by atoms with van der Waals surface area (Å²) in [6, 6.07) is 3.92. The maximum absolute atomic E-state index is 6.07. The van der Waals surface area contributed by atoms with Gasteiger partial charge in [0, 0.05) is 30.2 Å². The Kier molecular flexibility index (Phi) is 2.19. The van der Waals surface area contributed by atoms with Gasteiger partial charge in [0.1, 0.15) is 0 Å². The Morgan fingerprint density at radius 1 is 1.38 bits per heavy atom. The summed E-state index contributed by atoms with van der Waals surface area (Å²) in [5.41, 5.74) is 7.22. The zero-order chi connectivity index (χ0) is 9.15. The molecule has 0 spiro atoms. The minimum absolute atomic E-state index is 0.0449. The van der Waals surface area contributed by atoms with Gasteiger partial charge < -0.3 is 11.1 Å². The molecular weight excluding hydrogens is 162 g/mol. The van der Waals surface area contributed by atoms with Crippen LogP contribution in [-0.4, -0.2) is 17.1 Å². The monoisotopic (exact) mass is 177 g/mol. The number of nitrogens with zero attached hydrogens (tertiary/aromatic N) is 1. The Bertz CT molecular complexity index is 267. The zero-order valence-corrected chi connectivity index (χ0v) is 7.66. The van der Waals surface area contributed by atoms with E-state index in [1.807, 2.05) is 12.1 Å². The SMILES string of the molecule is NC1(CNc2ccncc2)CCC1. The largest absolute Gasteiger partial charge is 0.383 e. The van der Waals surface area contributed by atoms with Crippen LogP contribution in [0.4, 0.5) is 5.69 Å². The number of rotatable bonds is 3. The van der Waals surface area contributed by atoms with Crippen molar-refractivity contribution >= 4 is 5.69 Å². The molecule has 0 atom stereocenters. The predicted octanol–water partition coefficient (Wildman–Crippen LogP) is 1.37. The van der Waals surface area contributed by atoms with E-state index in [1.165, 1.54) is 6.42 Å². The van der Waals surface area contributed by atoms with Crippen LogP contribution in [0, 0.1) is 0 Å². The minimum Gasteiger partial charge on any atom is -0.383 e. The van der Waals surface area contributed by atoms with Gasteiger partial charge in [-0.15, -0.1) is 0 Å². The van der Waals surface area contributed by atoms with Crippen LogP contribution in [0.3, 0.4) is 0 Å². The fourth-order valence-corrected chi connectivity index (χ4v) is 1.56. The molecule has 1 fully saturated rings. The predicted molar refractivity (Wildman–Crippen MR) is 53.5 cm³/mol. The summed E-state index contributed by atoms with van der Waals surface area (Å²) in [5, 5.41) is 3.32. The molecule has 0 amide bonds. The number of anilines is 1. The average Bonchev–Trinajstić information content (AvgIpc) is 2.13. The van der Waals surface area contributed by atoms with E-state index < -0.39 is 0 Å². The van der Waals surface area contributed by atoms with E-state index in [9.17, 15) is 0 Å². The van der Waals surface area contributed by atoms with Gasteiger partial charge in [0.2, 0.25) is 0 Å². The normalized spacial score (nSPS) is 19.2. The zero-order valence-electron chi connectivity index (χ0n) is 7.66. The Labute approximate surface area is 78.4 Å². The molecule has 1 aliphatic rings. The third-order valence-electron chi connectivity index (χ3n) is 2.67. The summed E-state index contributed by atoms with van der Waals surface area (Å²) in [4.78, 5) is 3.95. The van der Waals surface area contributed by atoms with Gasteiger partial charge in [0.05, 0.1) is 0 Å². The molecular formula is C10H15N3. The van der Waals surface area contributed by atoms with Crippen molar-refractivity contribution in [3.05, 3.63) is 24.5 Å². The minimum atomic E-state index is 0.0449. The van der Waals surface area contributed by atoms with E-state index in [0.717, 1.165) is 25.1 Å². The van der Waals surface area contributed by atoms with E-state index in [-0.39, 0.29) is 5.54 Å². The molecule has 0 bridgehead atoms. The van der Waals surface area contributed by atoms with Gasteiger partial charge in [-0.25, -0.2) is 0 Å². The fraction of sp³-hybridized carbons (Fsp3) is 0.500. The van der Waals surface area contributed by atoms with E-state index in [1.54, 1.807) is 12.4 Å². The smallest absolute Gasteiger partial charge is 0.0371 e. The van der Waals surface area contributed by atoms with E-state index in [0.29, 0.717) is 0 Å². The van der Waals surface area contributed by atoms with Crippen LogP contribution >= 0.6 is 0 Å². The number of nitrogens with two attached hydrogens (primary N) is 1. The molecule has 0 aliphatic heterocycles. The Morgan fingerprint density at radius 3 is 2.62 bits per heavy atom. The van der Waals surface area contributed by atoms with Crippen molar-refractivity contribution in [2.45, 2.75) is 24.8 Å². The topological polar surface area (TPSA) is 50.9 Å². The highest BCUT2D eigenvalue weighted by Crippen LogP contribution is 2.28. The standard InChI is InChI=1S/C10H15N3/c11-10(4-1-5-10)8-13-9-2-6-12-7-3-9/h2-3,6-7H,1,4-5,8,11H2,(H,12,13). The van der Waals surface area contributed by atoms with Crippen LogP contribution in [0.15, 0.2) is 24.5 Å². The lowest BCUT2D eigenvalue weighted by Crippen LogP contribution is -2.51. The second-order valence-corrected chi connectivity index (χ2v) is 3.81. The highest BCUT2D eigenvalue weighted by molar-refractivity contribution is 5.41. The lowest BCUT2D eigenvalue weighted by atomic mass is 9.78. The van der Waals surface area contributed by atoms with Crippen molar-refractivity contribution in [2.75, 3.05) is 11.9 Å². The maximum Gasteiger partial charge on any atom is 0.0371 e. The molecule has 0 radical (unpaired) electrons. The first kappa shape index (κ1) is 8.51. The third-order valence-corrected chi connectivity index (χ3v) is 2.67. The van der Waals surface area contributed by atoms with Crippen LogP contribution in [0.2, 0.25) is 0 Å². The van der Waals surface area contributed by atoms with Gasteiger partial charge in [-0.2, -0.15) is 0 Å². The van der Waals surface area contributed by atoms with Gasteiger partial charge >= 0.3 is 0 Å². The summed E-state index contributed by atoms with van der Waals surface area (Å²) in [6.07, 6.45) is 7.13. The summed E-state index contributed by atoms with van der Waals surface area (Å²) in [6.45, 7) is 0.872. The summed E-state index contributed by atoms with van der Waals surface area (Å²) in [5.74, 6) is 0. The van der Waals surface area contributed by atoms with Crippen LogP contribution < -0.4 is 11.1 Å². The molecule has 1 saturated carbocycles. The molecule has 1 aromatic rings. The molecule has 3 nitrogen and oxygen atoms in total. The molecule has 3 heteroatoms. The van der Waals surface area contributed by atoms with Crippen LogP contribution in [-0.2, 0) is 0 Å². The second-order valence-electron chi connectivity index (χ2n) is 3.81. The third kappa shape index (κ3) is 1.98. The van der Waals surface area contributed by atoms with E-state index in [4.69, 9.17) is 5.73 Å². The molecule has 0 unspecified atom stereocenters. The molecule has 0 saturated heterocycles. The number of hydrogen-bond donors (Lipinski definition) is 2. The van der Waals surface area contributed by atoms with Crippen molar-refractivity contribution < 1.29 is 0 Å². The van der Waals surface area contributed by atoms with Gasteiger partial charge in [0.15, 0.2) is 0 Å². The van der Waals surface area contributed by atoms with Gasteiger partial charge in [0.25, 0.3) is 0 Å². The first-order chi connectivity index (χ1) is 6.29. The van der Waals surface area contributed by atoms with Crippen molar-refractivity contribution in [2.24, 2.45) is 5.73 Å². The second kappa shape index (κ2) is 3.34. The molecule has 2 rings (SSSR count). The van der Waals surface area contributed by atoms with Crippen molar-refractivity contribution in [3.63, 3.8) is 0 Å². The first-order valence-electron chi connectivity index (χ1n) is 4.71. The Morgan fingerprint density at radius 2 is 2.08 bits per heavy atom. The lowest BCUT2D eigenvalue weighted by molar-refractivity contribution is 0.265. The van der Waals surface area contributed by atoms with Gasteiger partial charge in [-0.1, -0.05) is 0 Å². The number of pyridine rings is 1. The Balaban J connectivity index is 1.86. The molecule has 13 heavy (non-hydrogen) atoms. The van der Waals surface area contributed by atoms with Crippen molar-refractivity contribution in [1.29, 1.82) is 0 Å². The molecule has 70 valence electrons. The van der Waals surface area contributed by atoms with Crippen LogP contribution in [0.5, 0.6) is 0 Å². The van der Waals surface area contributed by atoms with Crippen molar-refractivity contribution in [3.8, 4) is 0 Å².